The first-order valence-corrected chi connectivity index (χ1v) is 8.05. The first-order chi connectivity index (χ1) is 11.8. The second-order valence-corrected chi connectivity index (χ2v) is 6.26. The van der Waals surface area contributed by atoms with Crippen LogP contribution in [0.4, 0.5) is 0 Å². The maximum atomic E-state index is 6.04. The highest BCUT2D eigenvalue weighted by atomic mass is 16.7. The Morgan fingerprint density at radius 2 is 0.917 bits per heavy atom. The summed E-state index contributed by atoms with van der Waals surface area (Å²) in [5.41, 5.74) is 2.90. The molecule has 3 aromatic rings. The highest BCUT2D eigenvalue weighted by molar-refractivity contribution is 6.40. The quantitative estimate of drug-likeness (QED) is 0.582. The van der Waals surface area contributed by atoms with Gasteiger partial charge in [-0.3, -0.25) is 0 Å². The van der Waals surface area contributed by atoms with E-state index in [9.17, 15) is 0 Å². The van der Waals surface area contributed by atoms with Crippen molar-refractivity contribution in [3.8, 4) is 17.2 Å². The molecule has 3 aromatic carbocycles. The Balaban J connectivity index is 1.95. The molecule has 0 saturated heterocycles. The van der Waals surface area contributed by atoms with E-state index in [4.69, 9.17) is 14.0 Å². The van der Waals surface area contributed by atoms with Crippen LogP contribution in [-0.2, 0) is 5.41 Å². The van der Waals surface area contributed by atoms with Crippen LogP contribution in [-0.4, -0.2) is 7.32 Å². The fraction of sp³-hybridized carbons (Fsp3) is 0.100. The van der Waals surface area contributed by atoms with Crippen LogP contribution in [0.5, 0.6) is 17.2 Å². The Labute approximate surface area is 141 Å². The van der Waals surface area contributed by atoms with Crippen LogP contribution in [0.15, 0.2) is 72.8 Å². The molecule has 3 heterocycles. The van der Waals surface area contributed by atoms with E-state index >= 15 is 0 Å². The van der Waals surface area contributed by atoms with Gasteiger partial charge in [-0.2, -0.15) is 0 Å². The van der Waals surface area contributed by atoms with Crippen molar-refractivity contribution in [3.05, 3.63) is 89.5 Å². The van der Waals surface area contributed by atoms with Crippen LogP contribution in [0.2, 0.25) is 0 Å². The normalized spacial score (nSPS) is 16.1. The molecule has 0 spiro atoms. The Hall–Kier alpha value is -2.88. The van der Waals surface area contributed by atoms with Gasteiger partial charge >= 0.3 is 7.32 Å². The Kier molecular flexibility index (Phi) is 2.72. The molecule has 6 rings (SSSR count). The molecule has 0 radical (unpaired) electrons. The van der Waals surface area contributed by atoms with Gasteiger partial charge in [0, 0.05) is 16.7 Å². The zero-order chi connectivity index (χ0) is 16.1. The molecule has 0 N–H and O–H groups in total. The molecule has 4 heteroatoms. The van der Waals surface area contributed by atoms with Crippen LogP contribution in [0.1, 0.15) is 23.6 Å². The van der Waals surface area contributed by atoms with Crippen molar-refractivity contribution in [1.29, 1.82) is 0 Å². The summed E-state index contributed by atoms with van der Waals surface area (Å²) in [5.74, 6) is 2.36. The van der Waals surface area contributed by atoms with E-state index in [1.807, 2.05) is 54.6 Å². The van der Waals surface area contributed by atoms with Crippen molar-refractivity contribution in [2.45, 2.75) is 12.3 Å². The van der Waals surface area contributed by atoms with Crippen LogP contribution >= 0.6 is 0 Å². The smallest absolute Gasteiger partial charge is 0.489 e. The minimum absolute atomic E-state index is 0.435. The monoisotopic (exact) mass is 314 g/mol. The summed E-state index contributed by atoms with van der Waals surface area (Å²) in [6.07, 6.45) is 0. The largest absolute Gasteiger partial charge is 0.864 e. The summed E-state index contributed by atoms with van der Waals surface area (Å²) in [7, 11) is -0.821. The van der Waals surface area contributed by atoms with Crippen molar-refractivity contribution < 1.29 is 14.0 Å². The van der Waals surface area contributed by atoms with Crippen LogP contribution < -0.4 is 14.0 Å². The molecule has 0 aliphatic carbocycles. The average molecular weight is 314 g/mol. The van der Waals surface area contributed by atoms with Gasteiger partial charge in [0.2, 0.25) is 0 Å². The topological polar surface area (TPSA) is 27.7 Å². The SMILES string of the molecule is CC12c3ccccc3OB(Oc3ccccc31)Oc1ccccc12. The number of para-hydroxylation sites is 3. The second kappa shape index (κ2) is 4.81. The van der Waals surface area contributed by atoms with Gasteiger partial charge in [-0.15, -0.1) is 0 Å². The molecule has 2 bridgehead atoms. The maximum absolute atomic E-state index is 6.04. The van der Waals surface area contributed by atoms with Crippen molar-refractivity contribution in [2.24, 2.45) is 0 Å². The van der Waals surface area contributed by atoms with Crippen molar-refractivity contribution >= 4 is 7.32 Å². The van der Waals surface area contributed by atoms with Gasteiger partial charge in [0.25, 0.3) is 0 Å². The number of benzene rings is 3. The lowest BCUT2D eigenvalue weighted by atomic mass is 9.69. The van der Waals surface area contributed by atoms with E-state index in [0.29, 0.717) is 0 Å². The highest BCUT2D eigenvalue weighted by Crippen LogP contribution is 2.51. The van der Waals surface area contributed by atoms with Crippen LogP contribution in [0, 0.1) is 0 Å². The summed E-state index contributed by atoms with van der Waals surface area (Å²) < 4.78 is 18.1. The Bertz CT molecular complexity index is 817. The van der Waals surface area contributed by atoms with E-state index < -0.39 is 12.7 Å². The third-order valence-corrected chi connectivity index (χ3v) is 4.95. The Morgan fingerprint density at radius 3 is 1.29 bits per heavy atom. The molecule has 0 saturated carbocycles. The molecular weight excluding hydrogens is 299 g/mol. The molecule has 3 nitrogen and oxygen atoms in total. The van der Waals surface area contributed by atoms with E-state index in [1.165, 1.54) is 0 Å². The summed E-state index contributed by atoms with van der Waals surface area (Å²) in [4.78, 5) is 0. The van der Waals surface area contributed by atoms with E-state index in [-0.39, 0.29) is 0 Å². The maximum Gasteiger partial charge on any atom is 0.864 e. The van der Waals surface area contributed by atoms with Gasteiger partial charge in [-0.05, 0) is 25.1 Å². The lowest BCUT2D eigenvalue weighted by Gasteiger charge is -2.40. The van der Waals surface area contributed by atoms with Gasteiger partial charge in [0.15, 0.2) is 0 Å². The van der Waals surface area contributed by atoms with E-state index in [0.717, 1.165) is 33.9 Å². The molecular formula is C20H15BO3. The molecule has 3 aliphatic heterocycles. The number of hydrogen-bond donors (Lipinski definition) is 0. The molecule has 0 unspecified atom stereocenters. The first-order valence-electron chi connectivity index (χ1n) is 8.05. The first kappa shape index (κ1) is 13.6. The number of rotatable bonds is 0. The summed E-state index contributed by atoms with van der Waals surface area (Å²) >= 11 is 0. The average Bonchev–Trinajstić information content (AvgIpc) is 2.60. The standard InChI is InChI=1S/C20H15BO3/c1-20-14-8-2-5-11-17(14)22-21(23-18-12-6-3-9-15(18)20)24-19-13-7-4-10-16(19)20/h2-13H,1H3. The second-order valence-electron chi connectivity index (χ2n) is 6.26. The van der Waals surface area contributed by atoms with Gasteiger partial charge in [-0.25, -0.2) is 0 Å². The molecule has 24 heavy (non-hydrogen) atoms. The minimum Gasteiger partial charge on any atom is -0.489 e. The molecule has 3 aliphatic rings. The third-order valence-electron chi connectivity index (χ3n) is 4.95. The van der Waals surface area contributed by atoms with E-state index in [1.54, 1.807) is 0 Å². The molecule has 0 amide bonds. The fourth-order valence-electron chi connectivity index (χ4n) is 3.77. The summed E-state index contributed by atoms with van der Waals surface area (Å²) in [5, 5.41) is 0. The van der Waals surface area contributed by atoms with Gasteiger partial charge in [0.05, 0.1) is 5.41 Å². The lowest BCUT2D eigenvalue weighted by molar-refractivity contribution is 0.283. The van der Waals surface area contributed by atoms with Gasteiger partial charge in [-0.1, -0.05) is 54.6 Å². The van der Waals surface area contributed by atoms with Gasteiger partial charge < -0.3 is 14.0 Å². The molecule has 0 fully saturated rings. The predicted molar refractivity (Wildman–Crippen MR) is 92.5 cm³/mol. The zero-order valence-electron chi connectivity index (χ0n) is 13.2. The lowest BCUT2D eigenvalue weighted by Crippen LogP contribution is -2.44. The van der Waals surface area contributed by atoms with Crippen LogP contribution in [0.25, 0.3) is 0 Å². The van der Waals surface area contributed by atoms with Crippen LogP contribution in [0.3, 0.4) is 0 Å². The number of hydrogen-bond acceptors (Lipinski definition) is 3. The van der Waals surface area contributed by atoms with Crippen molar-refractivity contribution in [3.63, 3.8) is 0 Å². The van der Waals surface area contributed by atoms with Gasteiger partial charge in [0.1, 0.15) is 17.2 Å². The van der Waals surface area contributed by atoms with E-state index in [2.05, 4.69) is 25.1 Å². The minimum atomic E-state index is -0.821. The summed E-state index contributed by atoms with van der Waals surface area (Å²) in [6.45, 7) is 2.20. The van der Waals surface area contributed by atoms with Crippen molar-refractivity contribution in [2.75, 3.05) is 0 Å². The summed E-state index contributed by atoms with van der Waals surface area (Å²) in [6, 6.07) is 24.3. The molecule has 0 aromatic heterocycles. The van der Waals surface area contributed by atoms with Crippen molar-refractivity contribution in [1.82, 2.24) is 0 Å². The zero-order valence-corrected chi connectivity index (χ0v) is 13.2. The molecule has 0 atom stereocenters. The highest BCUT2D eigenvalue weighted by Gasteiger charge is 2.46. The fourth-order valence-corrected chi connectivity index (χ4v) is 3.77. The Morgan fingerprint density at radius 1 is 0.583 bits per heavy atom. The predicted octanol–water partition coefficient (Wildman–Crippen LogP) is 4.19. The third kappa shape index (κ3) is 1.74. The molecule has 116 valence electrons.